The molecule has 43 heavy (non-hydrogen) atoms. The van der Waals surface area contributed by atoms with Crippen LogP contribution in [0.4, 0.5) is 11.8 Å². The topological polar surface area (TPSA) is 173 Å². The molecule has 2 aliphatic rings. The molecule has 2 aromatic rings. The van der Waals surface area contributed by atoms with Gasteiger partial charge in [-0.3, -0.25) is 23.2 Å². The summed E-state index contributed by atoms with van der Waals surface area (Å²) in [5, 5.41) is 0. The van der Waals surface area contributed by atoms with Gasteiger partial charge in [-0.25, -0.2) is 4.98 Å². The highest BCUT2D eigenvalue weighted by Crippen LogP contribution is 2.52. The van der Waals surface area contributed by atoms with E-state index < -0.39 is 55.9 Å². The van der Waals surface area contributed by atoms with E-state index in [1.54, 1.807) is 47.9 Å². The summed E-state index contributed by atoms with van der Waals surface area (Å²) in [4.78, 5) is 42.3. The molecule has 240 valence electrons. The van der Waals surface area contributed by atoms with Gasteiger partial charge in [0.05, 0.1) is 29.3 Å². The number of aromatic nitrogens is 4. The van der Waals surface area contributed by atoms with Crippen molar-refractivity contribution in [3.63, 3.8) is 0 Å². The van der Waals surface area contributed by atoms with Crippen LogP contribution in [0.15, 0.2) is 6.33 Å². The van der Waals surface area contributed by atoms with Crippen molar-refractivity contribution in [3.8, 4) is 0 Å². The average Bonchev–Trinajstić information content (AvgIpc) is 3.58. The van der Waals surface area contributed by atoms with E-state index in [9.17, 15) is 14.2 Å². The molecule has 1 saturated carbocycles. The second kappa shape index (κ2) is 12.6. The molecule has 0 bridgehead atoms. The normalized spacial score (nSPS) is 17.7. The fourth-order valence-electron chi connectivity index (χ4n) is 4.18. The molecule has 2 N–H and O–H groups in total. The number of likely N-dealkylation sites (N-methyl/N-ethyl adjacent to an activating group) is 1. The molecule has 1 aliphatic carbocycles. The molecule has 0 spiro atoms. The molecular weight excluding hydrogens is 581 g/mol. The van der Waals surface area contributed by atoms with Crippen LogP contribution in [0.5, 0.6) is 0 Å². The number of carbonyl (C=O) groups excluding carboxylic acids is 2. The predicted octanol–water partition coefficient (Wildman–Crippen LogP) is 2.99. The molecule has 0 atom stereocenters. The lowest BCUT2D eigenvalue weighted by atomic mass is 9.98. The summed E-state index contributed by atoms with van der Waals surface area (Å²) in [5.41, 5.74) is 5.07. The Morgan fingerprint density at radius 3 is 2.02 bits per heavy atom. The number of carbonyl (C=O) groups is 2. The van der Waals surface area contributed by atoms with E-state index in [2.05, 4.69) is 31.8 Å². The van der Waals surface area contributed by atoms with Crippen LogP contribution in [0.3, 0.4) is 0 Å². The molecule has 4 rings (SSSR count). The number of nitrogens with two attached hydrogens (primary N) is 1. The van der Waals surface area contributed by atoms with Gasteiger partial charge in [0.2, 0.25) is 19.5 Å². The fraction of sp³-hybridized carbons (Fsp3) is 0.741. The minimum Gasteiger partial charge on any atom is -0.438 e. The minimum atomic E-state index is -4.03. The first kappa shape index (κ1) is 33.1. The molecule has 1 saturated heterocycles. The zero-order valence-electron chi connectivity index (χ0n) is 26.1. The lowest BCUT2D eigenvalue weighted by Gasteiger charge is -2.33. The van der Waals surface area contributed by atoms with Gasteiger partial charge in [0.15, 0.2) is 17.0 Å². The lowest BCUT2D eigenvalue weighted by Crippen LogP contribution is -2.45. The molecule has 0 amide bonds. The van der Waals surface area contributed by atoms with Crippen LogP contribution in [0.2, 0.25) is 0 Å². The summed E-state index contributed by atoms with van der Waals surface area (Å²) < 4.78 is 42.7. The number of anilines is 2. The highest BCUT2D eigenvalue weighted by molar-refractivity contribution is 7.53. The summed E-state index contributed by atoms with van der Waals surface area (Å²) in [6, 6.07) is 0. The van der Waals surface area contributed by atoms with Crippen LogP contribution in [0, 0.1) is 10.8 Å². The second-order valence-corrected chi connectivity index (χ2v) is 15.2. The molecule has 1 aliphatic heterocycles. The predicted molar refractivity (Wildman–Crippen MR) is 158 cm³/mol. The summed E-state index contributed by atoms with van der Waals surface area (Å²) in [5.74, 6) is -0.236. The number of imidazole rings is 1. The number of rotatable bonds is 12. The van der Waals surface area contributed by atoms with Gasteiger partial charge >= 0.3 is 19.5 Å². The van der Waals surface area contributed by atoms with E-state index in [4.69, 9.17) is 29.0 Å². The Labute approximate surface area is 251 Å². The molecule has 2 fully saturated rings. The van der Waals surface area contributed by atoms with Crippen molar-refractivity contribution in [2.24, 2.45) is 10.8 Å². The zero-order valence-corrected chi connectivity index (χ0v) is 27.0. The van der Waals surface area contributed by atoms with Gasteiger partial charge in [-0.2, -0.15) is 9.97 Å². The monoisotopic (exact) mass is 625 g/mol. The average molecular weight is 626 g/mol. The Bertz CT molecular complexity index is 1320. The van der Waals surface area contributed by atoms with Gasteiger partial charge in [0, 0.05) is 26.2 Å². The summed E-state index contributed by atoms with van der Waals surface area (Å²) in [6.45, 7) is 12.6. The van der Waals surface area contributed by atoms with Gasteiger partial charge in [0.25, 0.3) is 0 Å². The Morgan fingerprint density at radius 2 is 1.51 bits per heavy atom. The Kier molecular flexibility index (Phi) is 9.72. The Balaban J connectivity index is 1.44. The highest BCUT2D eigenvalue weighted by Gasteiger charge is 2.47. The van der Waals surface area contributed by atoms with E-state index >= 15 is 0 Å². The van der Waals surface area contributed by atoms with Crippen LogP contribution in [0.25, 0.3) is 11.2 Å². The molecule has 0 radical (unpaired) electrons. The Morgan fingerprint density at radius 1 is 0.953 bits per heavy atom. The Hall–Kier alpha value is -2.84. The molecule has 16 heteroatoms. The number of ether oxygens (including phenoxy) is 3. The number of hydrogen-bond donors (Lipinski definition) is 1. The van der Waals surface area contributed by atoms with Gasteiger partial charge in [-0.1, -0.05) is 0 Å². The van der Waals surface area contributed by atoms with Crippen LogP contribution >= 0.6 is 7.60 Å². The molecule has 2 aromatic heterocycles. The first-order valence-corrected chi connectivity index (χ1v) is 16.0. The van der Waals surface area contributed by atoms with Crippen molar-refractivity contribution in [3.05, 3.63) is 6.33 Å². The maximum atomic E-state index is 13.6. The molecular formula is C27H44N7O8P. The van der Waals surface area contributed by atoms with Crippen molar-refractivity contribution < 1.29 is 37.4 Å². The van der Waals surface area contributed by atoms with Crippen LogP contribution in [0.1, 0.15) is 54.4 Å². The number of piperazine rings is 1. The van der Waals surface area contributed by atoms with Gasteiger partial charge < -0.3 is 34.3 Å². The first-order valence-electron chi connectivity index (χ1n) is 14.3. The number of nitrogen functional groups attached to an aromatic ring is 1. The van der Waals surface area contributed by atoms with E-state index in [0.717, 1.165) is 26.2 Å². The smallest absolute Gasteiger partial charge is 0.361 e. The summed E-state index contributed by atoms with van der Waals surface area (Å²) in [7, 11) is -1.95. The number of nitrogens with zero attached hydrogens (tertiary/aromatic N) is 6. The molecule has 3 heterocycles. The van der Waals surface area contributed by atoms with Crippen molar-refractivity contribution in [2.75, 3.05) is 63.8 Å². The summed E-state index contributed by atoms with van der Waals surface area (Å²) >= 11 is 0. The third-order valence-electron chi connectivity index (χ3n) is 7.16. The van der Waals surface area contributed by atoms with Crippen LogP contribution in [-0.2, 0) is 44.0 Å². The van der Waals surface area contributed by atoms with Crippen LogP contribution in [-0.4, -0.2) is 95.1 Å². The summed E-state index contributed by atoms with van der Waals surface area (Å²) in [6.07, 6.45) is 2.57. The molecule has 0 aromatic carbocycles. The quantitative estimate of drug-likeness (QED) is 0.207. The highest BCUT2D eigenvalue weighted by atomic mass is 31.2. The number of fused-ring (bicyclic) bond motifs is 1. The zero-order chi connectivity index (χ0) is 31.6. The lowest BCUT2D eigenvalue weighted by molar-refractivity contribution is -0.162. The van der Waals surface area contributed by atoms with Gasteiger partial charge in [-0.15, -0.1) is 0 Å². The standard InChI is InChI=1S/C27H44N7O8P/c1-25(2,3)22(35)38-16-41-43(37,42-17-39-23(36)26(4,5)6)18-40-27(8-9-27)14-34-15-29-19-20(30-24(28)31-21(19)34)33-12-10-32(7)11-13-33/h15H,8-14,16-18H2,1-7H3,(H2,28,30,31). The third-order valence-corrected chi connectivity index (χ3v) is 8.61. The van der Waals surface area contributed by atoms with Gasteiger partial charge in [0.1, 0.15) is 6.35 Å². The van der Waals surface area contributed by atoms with E-state index in [0.29, 0.717) is 36.4 Å². The minimum absolute atomic E-state index is 0.148. The van der Waals surface area contributed by atoms with Crippen molar-refractivity contribution in [2.45, 2.75) is 66.5 Å². The molecule has 0 unspecified atom stereocenters. The van der Waals surface area contributed by atoms with Crippen molar-refractivity contribution in [1.29, 1.82) is 0 Å². The largest absolute Gasteiger partial charge is 0.438 e. The van der Waals surface area contributed by atoms with E-state index in [1.807, 2.05) is 4.57 Å². The van der Waals surface area contributed by atoms with Crippen molar-refractivity contribution in [1.82, 2.24) is 24.4 Å². The van der Waals surface area contributed by atoms with E-state index in [-0.39, 0.29) is 5.95 Å². The maximum absolute atomic E-state index is 13.6. The van der Waals surface area contributed by atoms with Crippen molar-refractivity contribution >= 4 is 42.5 Å². The van der Waals surface area contributed by atoms with Crippen LogP contribution < -0.4 is 10.6 Å². The second-order valence-electron chi connectivity index (χ2n) is 13.2. The van der Waals surface area contributed by atoms with Gasteiger partial charge in [-0.05, 0) is 61.4 Å². The number of hydrogen-bond acceptors (Lipinski definition) is 14. The third kappa shape index (κ3) is 8.63. The molecule has 15 nitrogen and oxygen atoms in total. The van der Waals surface area contributed by atoms with E-state index in [1.165, 1.54) is 0 Å². The number of esters is 2. The maximum Gasteiger partial charge on any atom is 0.361 e. The first-order chi connectivity index (χ1) is 20.0. The SMILES string of the molecule is CN1CCN(c2nc(N)nc3c2ncn3CC2(OCP(=O)(OCOC(=O)C(C)(C)C)OCOC(=O)C(C)(C)C)CC2)CC1. The fourth-order valence-corrected chi connectivity index (χ4v) is 5.26.